The van der Waals surface area contributed by atoms with E-state index in [0.29, 0.717) is 12.2 Å². The molecule has 1 aromatic carbocycles. The zero-order valence-corrected chi connectivity index (χ0v) is 12.8. The molecule has 114 valence electrons. The molecule has 1 saturated heterocycles. The fourth-order valence-electron chi connectivity index (χ4n) is 3.02. The number of carbonyl (C=O) groups excluding carboxylic acids is 2. The molecule has 0 spiro atoms. The van der Waals surface area contributed by atoms with Crippen molar-refractivity contribution >= 4 is 11.8 Å². The number of esters is 1. The van der Waals surface area contributed by atoms with Gasteiger partial charge in [0, 0.05) is 17.5 Å². The monoisotopic (exact) mass is 291 g/mol. The lowest BCUT2D eigenvalue weighted by molar-refractivity contribution is -0.147. The van der Waals surface area contributed by atoms with E-state index in [1.54, 1.807) is 21.0 Å². The van der Waals surface area contributed by atoms with Crippen LogP contribution in [0, 0.1) is 5.92 Å². The highest BCUT2D eigenvalue weighted by Gasteiger charge is 2.49. The van der Waals surface area contributed by atoms with Gasteiger partial charge in [0.15, 0.2) is 0 Å². The number of methoxy groups -OCH3 is 2. The largest absolute Gasteiger partial charge is 0.496 e. The molecule has 0 aliphatic carbocycles. The van der Waals surface area contributed by atoms with Crippen LogP contribution in [0.2, 0.25) is 0 Å². The number of rotatable bonds is 4. The Balaban J connectivity index is 2.41. The zero-order chi connectivity index (χ0) is 15.6. The van der Waals surface area contributed by atoms with Crippen molar-refractivity contribution in [3.63, 3.8) is 0 Å². The summed E-state index contributed by atoms with van der Waals surface area (Å²) in [5.41, 5.74) is 0.0178. The van der Waals surface area contributed by atoms with Crippen molar-refractivity contribution in [2.45, 2.75) is 31.8 Å². The second-order valence-corrected chi connectivity index (χ2v) is 5.61. The molecular formula is C16H21NO4. The van der Waals surface area contributed by atoms with Gasteiger partial charge in [-0.15, -0.1) is 0 Å². The molecule has 5 heteroatoms. The standard InChI is InChI=1S/C16H21NO4/c1-10(18)12-9-16(2,15(19)21-4)17-14(12)11-7-5-6-8-13(11)20-3/h5-8,12,14,17H,9H2,1-4H3/t12-,14+,16+/m0/s1. The van der Waals surface area contributed by atoms with Gasteiger partial charge in [-0.2, -0.15) is 0 Å². The predicted octanol–water partition coefficient (Wildman–Crippen LogP) is 1.87. The van der Waals surface area contributed by atoms with E-state index < -0.39 is 5.54 Å². The summed E-state index contributed by atoms with van der Waals surface area (Å²) in [6.45, 7) is 3.32. The van der Waals surface area contributed by atoms with Gasteiger partial charge in [0.2, 0.25) is 0 Å². The summed E-state index contributed by atoms with van der Waals surface area (Å²) >= 11 is 0. The topological polar surface area (TPSA) is 64.6 Å². The molecule has 0 aromatic heterocycles. The van der Waals surface area contributed by atoms with Crippen molar-refractivity contribution in [3.05, 3.63) is 29.8 Å². The SMILES string of the molecule is COC(=O)[C@@]1(C)C[C@@H](C(C)=O)[C@@H](c2ccccc2OC)N1. The summed E-state index contributed by atoms with van der Waals surface area (Å²) in [7, 11) is 2.95. The fourth-order valence-corrected chi connectivity index (χ4v) is 3.02. The van der Waals surface area contributed by atoms with Crippen LogP contribution in [0.1, 0.15) is 31.9 Å². The fraction of sp³-hybridized carbons (Fsp3) is 0.500. The van der Waals surface area contributed by atoms with Crippen molar-refractivity contribution < 1.29 is 19.1 Å². The van der Waals surface area contributed by atoms with E-state index >= 15 is 0 Å². The highest BCUT2D eigenvalue weighted by molar-refractivity contribution is 5.86. The van der Waals surface area contributed by atoms with Gasteiger partial charge in [-0.25, -0.2) is 0 Å². The molecule has 3 atom stereocenters. The number of Topliss-reactive ketones (excluding diaryl/α,β-unsaturated/α-hetero) is 1. The molecule has 1 heterocycles. The van der Waals surface area contributed by atoms with Crippen LogP contribution in [-0.2, 0) is 14.3 Å². The minimum Gasteiger partial charge on any atom is -0.496 e. The minimum absolute atomic E-state index is 0.0473. The van der Waals surface area contributed by atoms with E-state index in [0.717, 1.165) is 5.56 Å². The van der Waals surface area contributed by atoms with E-state index in [4.69, 9.17) is 9.47 Å². The Kier molecular flexibility index (Phi) is 4.32. The Morgan fingerprint density at radius 2 is 1.95 bits per heavy atom. The van der Waals surface area contributed by atoms with Gasteiger partial charge in [0.1, 0.15) is 17.1 Å². The summed E-state index contributed by atoms with van der Waals surface area (Å²) in [5.74, 6) is 0.109. The van der Waals surface area contributed by atoms with Crippen LogP contribution in [0.15, 0.2) is 24.3 Å². The number of ketones is 1. The lowest BCUT2D eigenvalue weighted by atomic mass is 9.87. The number of carbonyl (C=O) groups is 2. The third kappa shape index (κ3) is 2.78. The normalized spacial score (nSPS) is 28.2. The van der Waals surface area contributed by atoms with E-state index in [-0.39, 0.29) is 23.7 Å². The van der Waals surface area contributed by atoms with Gasteiger partial charge in [-0.1, -0.05) is 18.2 Å². The third-order valence-corrected chi connectivity index (χ3v) is 4.14. The van der Waals surface area contributed by atoms with Crippen LogP contribution < -0.4 is 10.1 Å². The molecule has 0 saturated carbocycles. The van der Waals surface area contributed by atoms with E-state index in [9.17, 15) is 9.59 Å². The molecule has 1 fully saturated rings. The first-order valence-electron chi connectivity index (χ1n) is 6.92. The van der Waals surface area contributed by atoms with Crippen LogP contribution in [0.4, 0.5) is 0 Å². The molecule has 0 bridgehead atoms. The Morgan fingerprint density at radius 1 is 1.29 bits per heavy atom. The van der Waals surface area contributed by atoms with E-state index in [2.05, 4.69) is 5.32 Å². The van der Waals surface area contributed by atoms with Crippen molar-refractivity contribution in [1.29, 1.82) is 0 Å². The van der Waals surface area contributed by atoms with Gasteiger partial charge in [-0.3, -0.25) is 14.9 Å². The molecule has 0 radical (unpaired) electrons. The van der Waals surface area contributed by atoms with Gasteiger partial charge in [0.05, 0.1) is 14.2 Å². The van der Waals surface area contributed by atoms with Gasteiger partial charge in [0.25, 0.3) is 0 Å². The quantitative estimate of drug-likeness (QED) is 0.858. The molecule has 5 nitrogen and oxygen atoms in total. The maximum atomic E-state index is 12.0. The molecule has 1 N–H and O–H groups in total. The van der Waals surface area contributed by atoms with Crippen molar-refractivity contribution in [2.75, 3.05) is 14.2 Å². The van der Waals surface area contributed by atoms with Gasteiger partial charge in [-0.05, 0) is 26.3 Å². The molecule has 2 rings (SSSR count). The van der Waals surface area contributed by atoms with E-state index in [1.165, 1.54) is 7.11 Å². The second-order valence-electron chi connectivity index (χ2n) is 5.61. The highest BCUT2D eigenvalue weighted by Crippen LogP contribution is 2.41. The Hall–Kier alpha value is -1.88. The number of benzene rings is 1. The second kappa shape index (κ2) is 5.85. The van der Waals surface area contributed by atoms with E-state index in [1.807, 2.05) is 24.3 Å². The van der Waals surface area contributed by atoms with Crippen LogP contribution in [0.3, 0.4) is 0 Å². The Morgan fingerprint density at radius 3 is 2.52 bits per heavy atom. The highest BCUT2D eigenvalue weighted by atomic mass is 16.5. The van der Waals surface area contributed by atoms with Crippen LogP contribution in [0.5, 0.6) is 5.75 Å². The first kappa shape index (κ1) is 15.5. The lowest BCUT2D eigenvalue weighted by Gasteiger charge is -2.23. The number of nitrogens with one attached hydrogen (secondary N) is 1. The third-order valence-electron chi connectivity index (χ3n) is 4.14. The predicted molar refractivity (Wildman–Crippen MR) is 78.1 cm³/mol. The summed E-state index contributed by atoms with van der Waals surface area (Å²) in [6.07, 6.45) is 0.414. The molecule has 0 unspecified atom stereocenters. The van der Waals surface area contributed by atoms with Crippen molar-refractivity contribution in [3.8, 4) is 5.75 Å². The zero-order valence-electron chi connectivity index (χ0n) is 12.8. The molecular weight excluding hydrogens is 270 g/mol. The number of ether oxygens (including phenoxy) is 2. The Labute approximate surface area is 124 Å². The summed E-state index contributed by atoms with van der Waals surface area (Å²) < 4.78 is 10.2. The van der Waals surface area contributed by atoms with Crippen molar-refractivity contribution in [2.24, 2.45) is 5.92 Å². The summed E-state index contributed by atoms with van der Waals surface area (Å²) in [6, 6.07) is 7.27. The number of hydrogen-bond donors (Lipinski definition) is 1. The smallest absolute Gasteiger partial charge is 0.325 e. The Bertz CT molecular complexity index is 557. The molecule has 1 aromatic rings. The van der Waals surface area contributed by atoms with Crippen LogP contribution >= 0.6 is 0 Å². The average molecular weight is 291 g/mol. The summed E-state index contributed by atoms with van der Waals surface area (Å²) in [5, 5.41) is 3.27. The molecule has 21 heavy (non-hydrogen) atoms. The first-order chi connectivity index (χ1) is 9.92. The maximum Gasteiger partial charge on any atom is 0.325 e. The number of para-hydroxylation sites is 1. The van der Waals surface area contributed by atoms with Gasteiger partial charge < -0.3 is 9.47 Å². The lowest BCUT2D eigenvalue weighted by Crippen LogP contribution is -2.46. The molecule has 1 aliphatic heterocycles. The van der Waals surface area contributed by atoms with Crippen LogP contribution in [0.25, 0.3) is 0 Å². The van der Waals surface area contributed by atoms with Gasteiger partial charge >= 0.3 is 5.97 Å². The maximum absolute atomic E-state index is 12.0. The number of hydrogen-bond acceptors (Lipinski definition) is 5. The van der Waals surface area contributed by atoms with Crippen LogP contribution in [-0.4, -0.2) is 31.5 Å². The molecule has 0 amide bonds. The summed E-state index contributed by atoms with van der Waals surface area (Å²) in [4.78, 5) is 24.0. The van der Waals surface area contributed by atoms with Crippen molar-refractivity contribution in [1.82, 2.24) is 5.32 Å². The first-order valence-corrected chi connectivity index (χ1v) is 6.92. The average Bonchev–Trinajstić information content (AvgIpc) is 2.85. The molecule has 1 aliphatic rings. The minimum atomic E-state index is -0.864.